The quantitative estimate of drug-likeness (QED) is 0.0998. The van der Waals surface area contributed by atoms with Gasteiger partial charge in [-0.1, -0.05) is 39.5 Å². The fourth-order valence-corrected chi connectivity index (χ4v) is 4.01. The predicted molar refractivity (Wildman–Crippen MR) is 147 cm³/mol. The van der Waals surface area contributed by atoms with Crippen LogP contribution in [0.4, 0.5) is 5.82 Å². The highest BCUT2D eigenvalue weighted by Crippen LogP contribution is 2.29. The molecular formula is C27H42N6O8. The topological polar surface area (TPSA) is 204 Å². The van der Waals surface area contributed by atoms with Crippen LogP contribution in [0.1, 0.15) is 70.6 Å². The van der Waals surface area contributed by atoms with E-state index in [0.717, 1.165) is 32.1 Å². The second-order valence-corrected chi connectivity index (χ2v) is 9.55. The first-order valence-electron chi connectivity index (χ1n) is 13.8. The van der Waals surface area contributed by atoms with Crippen molar-refractivity contribution in [3.63, 3.8) is 0 Å². The second kappa shape index (κ2) is 17.5. The molecular weight excluding hydrogens is 536 g/mol. The lowest BCUT2D eigenvalue weighted by molar-refractivity contribution is -0.156. The molecule has 0 aliphatic carbocycles. The van der Waals surface area contributed by atoms with Crippen LogP contribution in [0.2, 0.25) is 0 Å². The number of hydrogen-bond acceptors (Lipinski definition) is 13. The Morgan fingerprint density at radius 3 is 2.46 bits per heavy atom. The third kappa shape index (κ3) is 9.61. The number of rotatable bonds is 20. The number of ether oxygens (including phenoxy) is 4. The minimum absolute atomic E-state index is 0.153. The summed E-state index contributed by atoms with van der Waals surface area (Å²) in [6.07, 6.45) is 2.71. The Labute approximate surface area is 239 Å². The maximum absolute atomic E-state index is 12.7. The number of carbonyl (C=O) groups excluding carboxylic acids is 2. The van der Waals surface area contributed by atoms with Crippen LogP contribution < -0.4 is 11.1 Å². The number of esters is 2. The number of aliphatic hydroxyl groups is 2. The highest BCUT2D eigenvalue weighted by molar-refractivity contribution is 5.82. The van der Waals surface area contributed by atoms with E-state index in [1.165, 1.54) is 24.0 Å². The van der Waals surface area contributed by atoms with Gasteiger partial charge in [0.05, 0.1) is 38.7 Å². The molecule has 41 heavy (non-hydrogen) atoms. The summed E-state index contributed by atoms with van der Waals surface area (Å²) in [5.41, 5.74) is 4.39. The monoisotopic (exact) mass is 578 g/mol. The van der Waals surface area contributed by atoms with Crippen LogP contribution in [0.15, 0.2) is 18.5 Å². The van der Waals surface area contributed by atoms with E-state index in [1.54, 1.807) is 6.07 Å². The molecule has 0 saturated carbocycles. The van der Waals surface area contributed by atoms with Crippen LogP contribution in [-0.4, -0.2) is 88.2 Å². The molecule has 0 bridgehead atoms. The van der Waals surface area contributed by atoms with Gasteiger partial charge in [-0.15, -0.1) is 0 Å². The zero-order chi connectivity index (χ0) is 30.3. The first kappa shape index (κ1) is 33.9. The molecule has 0 spiro atoms. The van der Waals surface area contributed by atoms with Crippen molar-refractivity contribution in [2.45, 2.75) is 82.6 Å². The molecule has 0 radical (unpaired) electrons. The standard InChI is InChI=1S/C27H42N6O8/c1-4-6-8-12-40-22(34)14-19(26(37)41-13-9-7-5-2)31-18-39-16-27(15-28,38-3)24(36)23(35)20-10-11-21-25(29)30-17-32-33(20)21/h10-11,17,19,23-24,31,35-36H,4-9,12-14,16,18H2,1-3H3,(H2,29,30,32)/t19-,23-,24-,27+/m0/s1. The van der Waals surface area contributed by atoms with Crippen LogP contribution in [0.3, 0.4) is 0 Å². The summed E-state index contributed by atoms with van der Waals surface area (Å²) < 4.78 is 22.7. The average molecular weight is 579 g/mol. The Balaban J connectivity index is 2.03. The van der Waals surface area contributed by atoms with Crippen LogP contribution in [0.5, 0.6) is 0 Å². The van der Waals surface area contributed by atoms with Gasteiger partial charge < -0.3 is 34.9 Å². The molecule has 2 aromatic rings. The van der Waals surface area contributed by atoms with Crippen molar-refractivity contribution >= 4 is 23.3 Å². The summed E-state index contributed by atoms with van der Waals surface area (Å²) in [6.45, 7) is 3.74. The van der Waals surface area contributed by atoms with Crippen molar-refractivity contribution in [2.75, 3.05) is 39.4 Å². The van der Waals surface area contributed by atoms with Crippen molar-refractivity contribution in [3.8, 4) is 6.07 Å². The number of nitriles is 1. The Bertz CT molecular complexity index is 1140. The molecule has 0 aliphatic rings. The van der Waals surface area contributed by atoms with Crippen molar-refractivity contribution in [3.05, 3.63) is 24.2 Å². The summed E-state index contributed by atoms with van der Waals surface area (Å²) in [4.78, 5) is 28.9. The van der Waals surface area contributed by atoms with Gasteiger partial charge in [-0.2, -0.15) is 10.4 Å². The number of nitrogens with two attached hydrogens (primary N) is 1. The molecule has 2 rings (SSSR count). The van der Waals surface area contributed by atoms with Gasteiger partial charge in [0.15, 0.2) is 5.82 Å². The Morgan fingerprint density at radius 1 is 1.15 bits per heavy atom. The van der Waals surface area contributed by atoms with Crippen molar-refractivity contribution in [1.29, 1.82) is 5.26 Å². The second-order valence-electron chi connectivity index (χ2n) is 9.55. The van der Waals surface area contributed by atoms with Crippen LogP contribution >= 0.6 is 0 Å². The number of unbranched alkanes of at least 4 members (excludes halogenated alkanes) is 4. The first-order valence-corrected chi connectivity index (χ1v) is 13.8. The number of carbonyl (C=O) groups is 2. The molecule has 2 aromatic heterocycles. The number of aliphatic hydroxyl groups excluding tert-OH is 2. The van der Waals surface area contributed by atoms with Crippen LogP contribution in [0, 0.1) is 11.3 Å². The number of aromatic nitrogens is 3. The lowest BCUT2D eigenvalue weighted by Crippen LogP contribution is -2.51. The normalized spacial score (nSPS) is 15.0. The molecule has 14 heteroatoms. The van der Waals surface area contributed by atoms with E-state index < -0.39 is 42.4 Å². The fraction of sp³-hybridized carbons (Fsp3) is 0.667. The summed E-state index contributed by atoms with van der Waals surface area (Å²) in [5.74, 6) is -1.02. The van der Waals surface area contributed by atoms with E-state index >= 15 is 0 Å². The van der Waals surface area contributed by atoms with E-state index in [1.807, 2.05) is 19.9 Å². The molecule has 0 saturated heterocycles. The molecule has 5 N–H and O–H groups in total. The lowest BCUT2D eigenvalue weighted by atomic mass is 9.93. The smallest absolute Gasteiger partial charge is 0.323 e. The molecule has 0 aromatic carbocycles. The number of fused-ring (bicyclic) bond motifs is 1. The Hall–Kier alpha value is -3.35. The highest BCUT2D eigenvalue weighted by atomic mass is 16.6. The van der Waals surface area contributed by atoms with E-state index in [9.17, 15) is 25.1 Å². The minimum atomic E-state index is -2.00. The number of nitrogens with zero attached hydrogens (tertiary/aromatic N) is 4. The van der Waals surface area contributed by atoms with Gasteiger partial charge in [-0.3, -0.25) is 14.9 Å². The highest BCUT2D eigenvalue weighted by Gasteiger charge is 2.44. The molecule has 0 aliphatic heterocycles. The minimum Gasteiger partial charge on any atom is -0.466 e. The summed E-state index contributed by atoms with van der Waals surface area (Å²) >= 11 is 0. The van der Waals surface area contributed by atoms with Gasteiger partial charge >= 0.3 is 11.9 Å². The number of methoxy groups -OCH3 is 1. The van der Waals surface area contributed by atoms with Gasteiger partial charge in [-0.25, -0.2) is 9.50 Å². The van der Waals surface area contributed by atoms with Crippen molar-refractivity contribution in [2.24, 2.45) is 0 Å². The number of nitrogens with one attached hydrogen (secondary N) is 1. The number of hydrogen-bond donors (Lipinski definition) is 4. The largest absolute Gasteiger partial charge is 0.466 e. The molecule has 0 unspecified atom stereocenters. The summed E-state index contributed by atoms with van der Waals surface area (Å²) in [7, 11) is 1.19. The maximum Gasteiger partial charge on any atom is 0.323 e. The van der Waals surface area contributed by atoms with Gasteiger partial charge in [-0.05, 0) is 25.0 Å². The van der Waals surface area contributed by atoms with Crippen LogP contribution in [-0.2, 0) is 28.5 Å². The fourth-order valence-electron chi connectivity index (χ4n) is 4.01. The third-order valence-electron chi connectivity index (χ3n) is 6.55. The van der Waals surface area contributed by atoms with Gasteiger partial charge in [0.1, 0.15) is 36.2 Å². The van der Waals surface area contributed by atoms with Gasteiger partial charge in [0, 0.05) is 7.11 Å². The zero-order valence-corrected chi connectivity index (χ0v) is 24.0. The SMILES string of the molecule is CCCCCOC(=O)C[C@H](NCOC[C@@](C#N)(OC)[C@@H](O)[C@@H](O)c1ccc2c(N)ncnn12)C(=O)OCCCCC. The number of anilines is 1. The van der Waals surface area contributed by atoms with Gasteiger partial charge in [0.25, 0.3) is 0 Å². The molecule has 0 fully saturated rings. The predicted octanol–water partition coefficient (Wildman–Crippen LogP) is 1.40. The third-order valence-corrected chi connectivity index (χ3v) is 6.55. The molecule has 4 atom stereocenters. The van der Waals surface area contributed by atoms with Crippen molar-refractivity contribution < 1.29 is 38.7 Å². The Kier molecular flexibility index (Phi) is 14.4. The Morgan fingerprint density at radius 2 is 1.83 bits per heavy atom. The van der Waals surface area contributed by atoms with E-state index in [-0.39, 0.29) is 37.9 Å². The first-order chi connectivity index (χ1) is 19.7. The average Bonchev–Trinajstić information content (AvgIpc) is 3.42. The molecule has 228 valence electrons. The van der Waals surface area contributed by atoms with E-state index in [4.69, 9.17) is 24.7 Å². The van der Waals surface area contributed by atoms with E-state index in [0.29, 0.717) is 11.9 Å². The molecule has 14 nitrogen and oxygen atoms in total. The van der Waals surface area contributed by atoms with Gasteiger partial charge in [0.2, 0.25) is 5.60 Å². The summed E-state index contributed by atoms with van der Waals surface area (Å²) in [5, 5.41) is 38.6. The van der Waals surface area contributed by atoms with Crippen LogP contribution in [0.25, 0.3) is 5.52 Å². The molecule has 2 heterocycles. The lowest BCUT2D eigenvalue weighted by Gasteiger charge is -2.32. The molecule has 0 amide bonds. The number of nitrogen functional groups attached to an aromatic ring is 1. The maximum atomic E-state index is 12.7. The zero-order valence-electron chi connectivity index (χ0n) is 24.0. The van der Waals surface area contributed by atoms with Crippen molar-refractivity contribution in [1.82, 2.24) is 19.9 Å². The van der Waals surface area contributed by atoms with E-state index in [2.05, 4.69) is 15.4 Å². The summed E-state index contributed by atoms with van der Waals surface area (Å²) in [6, 6.07) is 3.87.